The van der Waals surface area contributed by atoms with Crippen molar-refractivity contribution in [2.75, 3.05) is 33.3 Å². The quantitative estimate of drug-likeness (QED) is 0.219. The molecule has 0 amide bonds. The lowest BCUT2D eigenvalue weighted by molar-refractivity contribution is 0.0156. The first-order chi connectivity index (χ1) is 15.4. The molecule has 0 aromatic heterocycles. The van der Waals surface area contributed by atoms with Crippen LogP contribution >= 0.6 is 15.9 Å². The highest BCUT2D eigenvalue weighted by Gasteiger charge is 2.31. The molecule has 0 spiro atoms. The molecule has 1 aromatic rings. The average molecular weight is 528 g/mol. The van der Waals surface area contributed by atoms with Crippen LogP contribution in [0.5, 0.6) is 0 Å². The minimum atomic E-state index is -3.46. The van der Waals surface area contributed by atoms with E-state index in [4.69, 9.17) is 4.74 Å². The van der Waals surface area contributed by atoms with Gasteiger partial charge in [-0.25, -0.2) is 8.42 Å². The van der Waals surface area contributed by atoms with Crippen LogP contribution in [0.2, 0.25) is 0 Å². The van der Waals surface area contributed by atoms with Gasteiger partial charge in [-0.05, 0) is 69.3 Å². The van der Waals surface area contributed by atoms with Gasteiger partial charge in [0.15, 0.2) is 0 Å². The lowest BCUT2D eigenvalue weighted by atomic mass is 9.93. The summed E-state index contributed by atoms with van der Waals surface area (Å²) in [5, 5.41) is 0. The van der Waals surface area contributed by atoms with Gasteiger partial charge in [0.05, 0.1) is 11.0 Å². The molecular weight excluding hydrogens is 488 g/mol. The van der Waals surface area contributed by atoms with Crippen LogP contribution in [0, 0.1) is 0 Å². The van der Waals surface area contributed by atoms with Crippen molar-refractivity contribution in [3.63, 3.8) is 0 Å². The monoisotopic (exact) mass is 526 g/mol. The standard InChI is InChI=1S/C25H39BrN2O3S/c1-4-18-28(19-5-2)20-8-6-7-9-21-31-24-14-12-23(13-15-24)27(3)32(29,30)25-16-10-22(26)11-17-25/h4-5,10-11,16-17,23-24H,1-2,6-9,12-15,18-21H2,3H3. The first-order valence-corrected chi connectivity index (χ1v) is 13.9. The fourth-order valence-corrected chi connectivity index (χ4v) is 5.89. The Morgan fingerprint density at radius 1 is 1.00 bits per heavy atom. The molecule has 32 heavy (non-hydrogen) atoms. The number of hydrogen-bond acceptors (Lipinski definition) is 4. The summed E-state index contributed by atoms with van der Waals surface area (Å²) in [7, 11) is -1.76. The highest BCUT2D eigenvalue weighted by atomic mass is 79.9. The molecule has 7 heteroatoms. The highest BCUT2D eigenvalue weighted by molar-refractivity contribution is 9.10. The third-order valence-electron chi connectivity index (χ3n) is 6.15. The lowest BCUT2D eigenvalue weighted by Gasteiger charge is -2.34. The maximum atomic E-state index is 12.9. The number of ether oxygens (including phenoxy) is 1. The van der Waals surface area contributed by atoms with Gasteiger partial charge in [0.1, 0.15) is 0 Å². The van der Waals surface area contributed by atoms with Crippen molar-refractivity contribution in [2.24, 2.45) is 0 Å². The van der Waals surface area contributed by atoms with E-state index in [1.807, 2.05) is 12.2 Å². The Labute approximate surface area is 203 Å². The summed E-state index contributed by atoms with van der Waals surface area (Å²) in [6, 6.07) is 6.88. The highest BCUT2D eigenvalue weighted by Crippen LogP contribution is 2.28. The van der Waals surface area contributed by atoms with Gasteiger partial charge < -0.3 is 4.74 Å². The molecule has 1 aliphatic rings. The van der Waals surface area contributed by atoms with Crippen molar-refractivity contribution in [2.45, 2.75) is 68.4 Å². The van der Waals surface area contributed by atoms with E-state index in [0.29, 0.717) is 4.90 Å². The Hall–Kier alpha value is -0.990. The molecule has 0 heterocycles. The molecule has 180 valence electrons. The molecule has 0 atom stereocenters. The van der Waals surface area contributed by atoms with E-state index in [1.165, 1.54) is 19.3 Å². The number of hydrogen-bond donors (Lipinski definition) is 0. The molecule has 0 bridgehead atoms. The van der Waals surface area contributed by atoms with E-state index < -0.39 is 10.0 Å². The summed E-state index contributed by atoms with van der Waals surface area (Å²) in [4.78, 5) is 2.70. The molecular formula is C25H39BrN2O3S. The van der Waals surface area contributed by atoms with Gasteiger partial charge in [-0.15, -0.1) is 13.2 Å². The van der Waals surface area contributed by atoms with Gasteiger partial charge in [0.2, 0.25) is 10.0 Å². The van der Waals surface area contributed by atoms with E-state index in [9.17, 15) is 8.42 Å². The van der Waals surface area contributed by atoms with Gasteiger partial charge in [-0.1, -0.05) is 40.9 Å². The molecule has 2 rings (SSSR count). The summed E-state index contributed by atoms with van der Waals surface area (Å²) < 4.78 is 34.3. The minimum absolute atomic E-state index is 0.0394. The van der Waals surface area contributed by atoms with Crippen molar-refractivity contribution in [1.82, 2.24) is 9.21 Å². The smallest absolute Gasteiger partial charge is 0.243 e. The van der Waals surface area contributed by atoms with Crippen LogP contribution in [-0.4, -0.2) is 63.1 Å². The van der Waals surface area contributed by atoms with Crippen molar-refractivity contribution < 1.29 is 13.2 Å². The van der Waals surface area contributed by atoms with E-state index in [2.05, 4.69) is 34.0 Å². The normalized spacial score (nSPS) is 19.4. The number of unbranched alkanes of at least 4 members (excludes halogenated alkanes) is 3. The number of nitrogens with zero attached hydrogens (tertiary/aromatic N) is 2. The second-order valence-electron chi connectivity index (χ2n) is 8.53. The van der Waals surface area contributed by atoms with Gasteiger partial charge in [0, 0.05) is 37.3 Å². The molecule has 0 aliphatic heterocycles. The molecule has 1 aromatic carbocycles. The second-order valence-corrected chi connectivity index (χ2v) is 11.4. The Balaban J connectivity index is 1.62. The van der Waals surface area contributed by atoms with Crippen molar-refractivity contribution in [3.05, 3.63) is 54.0 Å². The zero-order valence-corrected chi connectivity index (χ0v) is 21.8. The molecule has 1 saturated carbocycles. The second kappa shape index (κ2) is 14.3. The number of benzene rings is 1. The summed E-state index contributed by atoms with van der Waals surface area (Å²) in [5.41, 5.74) is 0. The van der Waals surface area contributed by atoms with Crippen LogP contribution in [0.15, 0.2) is 58.9 Å². The Kier molecular flexibility index (Phi) is 12.2. The summed E-state index contributed by atoms with van der Waals surface area (Å²) in [6.45, 7) is 11.3. The van der Waals surface area contributed by atoms with E-state index in [1.54, 1.807) is 35.6 Å². The number of halogens is 1. The third kappa shape index (κ3) is 8.75. The topological polar surface area (TPSA) is 49.9 Å². The molecule has 0 unspecified atom stereocenters. The Morgan fingerprint density at radius 2 is 1.59 bits per heavy atom. The van der Waals surface area contributed by atoms with Crippen molar-refractivity contribution in [3.8, 4) is 0 Å². The van der Waals surface area contributed by atoms with Crippen LogP contribution in [0.3, 0.4) is 0 Å². The van der Waals surface area contributed by atoms with Crippen molar-refractivity contribution >= 4 is 26.0 Å². The van der Waals surface area contributed by atoms with Gasteiger partial charge in [-0.3, -0.25) is 4.90 Å². The predicted octanol–water partition coefficient (Wildman–Crippen LogP) is 5.63. The van der Waals surface area contributed by atoms with Gasteiger partial charge in [-0.2, -0.15) is 4.31 Å². The van der Waals surface area contributed by atoms with Crippen LogP contribution in [0.4, 0.5) is 0 Å². The third-order valence-corrected chi connectivity index (χ3v) is 8.60. The molecule has 1 aliphatic carbocycles. The van der Waals surface area contributed by atoms with E-state index in [0.717, 1.165) is 62.8 Å². The maximum Gasteiger partial charge on any atom is 0.243 e. The molecule has 1 fully saturated rings. The van der Waals surface area contributed by atoms with Crippen LogP contribution in [0.25, 0.3) is 0 Å². The molecule has 0 saturated heterocycles. The van der Waals surface area contributed by atoms with Crippen LogP contribution in [0.1, 0.15) is 51.4 Å². The minimum Gasteiger partial charge on any atom is -0.378 e. The molecule has 5 nitrogen and oxygen atoms in total. The fraction of sp³-hybridized carbons (Fsp3) is 0.600. The summed E-state index contributed by atoms with van der Waals surface area (Å²) >= 11 is 3.36. The maximum absolute atomic E-state index is 12.9. The van der Waals surface area contributed by atoms with Crippen LogP contribution in [-0.2, 0) is 14.8 Å². The average Bonchev–Trinajstić information content (AvgIpc) is 2.79. The number of rotatable bonds is 15. The number of sulfonamides is 1. The lowest BCUT2D eigenvalue weighted by Crippen LogP contribution is -2.40. The fourth-order valence-electron chi connectivity index (χ4n) is 4.21. The van der Waals surface area contributed by atoms with Crippen LogP contribution < -0.4 is 0 Å². The van der Waals surface area contributed by atoms with Gasteiger partial charge >= 0.3 is 0 Å². The van der Waals surface area contributed by atoms with Gasteiger partial charge in [0.25, 0.3) is 0 Å². The first-order valence-electron chi connectivity index (χ1n) is 11.7. The SMILES string of the molecule is C=CCN(CC=C)CCCCCCOC1CCC(N(C)S(=O)(=O)c2ccc(Br)cc2)CC1. The predicted molar refractivity (Wildman–Crippen MR) is 136 cm³/mol. The summed E-state index contributed by atoms with van der Waals surface area (Å²) in [5.74, 6) is 0. The first kappa shape index (κ1) is 27.3. The molecule has 0 radical (unpaired) electrons. The van der Waals surface area contributed by atoms with E-state index >= 15 is 0 Å². The molecule has 0 N–H and O–H groups in total. The Bertz CT molecular complexity index is 780. The van der Waals surface area contributed by atoms with E-state index in [-0.39, 0.29) is 12.1 Å². The van der Waals surface area contributed by atoms with Crippen molar-refractivity contribution in [1.29, 1.82) is 0 Å². The Morgan fingerprint density at radius 3 is 2.19 bits per heavy atom. The summed E-state index contributed by atoms with van der Waals surface area (Å²) in [6.07, 6.45) is 12.3. The largest absolute Gasteiger partial charge is 0.378 e. The zero-order valence-electron chi connectivity index (χ0n) is 19.4. The zero-order chi connectivity index (χ0) is 23.4.